The number of carbonyl (C=O) groups is 1. The Morgan fingerprint density at radius 2 is 2.10 bits per heavy atom. The molecule has 1 saturated heterocycles. The van der Waals surface area contributed by atoms with Gasteiger partial charge in [-0.1, -0.05) is 17.7 Å². The summed E-state index contributed by atoms with van der Waals surface area (Å²) in [4.78, 5) is 32.1. The Bertz CT molecular complexity index is 1500. The molecule has 1 atom stereocenters. The lowest BCUT2D eigenvalue weighted by Gasteiger charge is -2.23. The Labute approximate surface area is 232 Å². The monoisotopic (exact) mass is 549 g/mol. The van der Waals surface area contributed by atoms with E-state index in [2.05, 4.69) is 25.3 Å². The molecule has 1 aromatic carbocycles. The van der Waals surface area contributed by atoms with Crippen LogP contribution in [-0.2, 0) is 11.2 Å². The van der Waals surface area contributed by atoms with Gasteiger partial charge in [0.05, 0.1) is 19.1 Å². The first-order valence-corrected chi connectivity index (χ1v) is 13.3. The van der Waals surface area contributed by atoms with Gasteiger partial charge < -0.3 is 19.7 Å². The zero-order valence-corrected chi connectivity index (χ0v) is 23.3. The zero-order chi connectivity index (χ0) is 27.5. The molecule has 4 aromatic rings. The Balaban J connectivity index is 1.40. The number of nitrogens with zero attached hydrogens (tertiary/aromatic N) is 6. The van der Waals surface area contributed by atoms with Crippen LogP contribution in [0.4, 0.5) is 5.82 Å². The van der Waals surface area contributed by atoms with E-state index in [-0.39, 0.29) is 12.1 Å². The summed E-state index contributed by atoms with van der Waals surface area (Å²) in [6.45, 7) is 3.23. The predicted octanol–water partition coefficient (Wildman–Crippen LogP) is 4.91. The standard InChI is InChI=1S/C28H32ClN7O3/c1-17-19(29)14-18(25(38-4)23(17)20-8-7-9-21(34-20)28(37)35(2)3)11-12-30-26-24-27(32-15-31-26)36(16-33-24)22-10-5-6-13-39-22/h7-9,14-16,22H,5-6,10-13H2,1-4H3,(H,30,31,32). The van der Waals surface area contributed by atoms with Gasteiger partial charge in [-0.05, 0) is 61.9 Å². The molecule has 11 heteroatoms. The number of nitrogens with one attached hydrogen (secondary N) is 1. The molecule has 0 spiro atoms. The Morgan fingerprint density at radius 1 is 1.26 bits per heavy atom. The molecule has 204 valence electrons. The minimum absolute atomic E-state index is 0.0518. The quantitative estimate of drug-likeness (QED) is 0.330. The smallest absolute Gasteiger partial charge is 0.271 e. The van der Waals surface area contributed by atoms with Gasteiger partial charge in [-0.2, -0.15) is 0 Å². The van der Waals surface area contributed by atoms with Gasteiger partial charge in [-0.15, -0.1) is 0 Å². The number of amides is 1. The summed E-state index contributed by atoms with van der Waals surface area (Å²) >= 11 is 6.68. The van der Waals surface area contributed by atoms with Gasteiger partial charge in [0.15, 0.2) is 17.0 Å². The van der Waals surface area contributed by atoms with E-state index >= 15 is 0 Å². The predicted molar refractivity (Wildman–Crippen MR) is 150 cm³/mol. The van der Waals surface area contributed by atoms with E-state index in [1.807, 2.05) is 29.7 Å². The fourth-order valence-electron chi connectivity index (χ4n) is 4.88. The minimum atomic E-state index is -0.173. The van der Waals surface area contributed by atoms with Crippen molar-refractivity contribution in [3.8, 4) is 17.0 Å². The van der Waals surface area contributed by atoms with Crippen molar-refractivity contribution in [1.29, 1.82) is 0 Å². The van der Waals surface area contributed by atoms with Crippen LogP contribution in [0.5, 0.6) is 5.75 Å². The van der Waals surface area contributed by atoms with Crippen LogP contribution in [0, 0.1) is 6.92 Å². The van der Waals surface area contributed by atoms with Crippen molar-refractivity contribution in [2.75, 3.05) is 39.7 Å². The molecule has 1 aliphatic rings. The normalized spacial score (nSPS) is 15.4. The second-order valence-corrected chi connectivity index (χ2v) is 10.1. The highest BCUT2D eigenvalue weighted by atomic mass is 35.5. The Kier molecular flexibility index (Phi) is 7.94. The average Bonchev–Trinajstić information content (AvgIpc) is 3.40. The lowest BCUT2D eigenvalue weighted by molar-refractivity contribution is -0.0298. The Hall–Kier alpha value is -3.76. The van der Waals surface area contributed by atoms with E-state index in [0.29, 0.717) is 46.5 Å². The van der Waals surface area contributed by atoms with Gasteiger partial charge in [-0.25, -0.2) is 19.9 Å². The van der Waals surface area contributed by atoms with Gasteiger partial charge in [0.25, 0.3) is 5.91 Å². The third-order valence-corrected chi connectivity index (χ3v) is 7.29. The number of ether oxygens (including phenoxy) is 2. The zero-order valence-electron chi connectivity index (χ0n) is 22.6. The number of hydrogen-bond donors (Lipinski definition) is 1. The number of halogens is 1. The van der Waals surface area contributed by atoms with Gasteiger partial charge in [-0.3, -0.25) is 9.36 Å². The lowest BCUT2D eigenvalue weighted by Crippen LogP contribution is -2.22. The molecular weight excluding hydrogens is 518 g/mol. The Morgan fingerprint density at radius 3 is 2.85 bits per heavy atom. The minimum Gasteiger partial charge on any atom is -0.496 e. The first kappa shape index (κ1) is 26.8. The summed E-state index contributed by atoms with van der Waals surface area (Å²) in [6.07, 6.45) is 7.01. The number of fused-ring (bicyclic) bond motifs is 1. The molecule has 4 heterocycles. The van der Waals surface area contributed by atoms with Crippen molar-refractivity contribution < 1.29 is 14.3 Å². The summed E-state index contributed by atoms with van der Waals surface area (Å²) in [5.41, 5.74) is 4.94. The summed E-state index contributed by atoms with van der Waals surface area (Å²) in [5.74, 6) is 1.16. The third-order valence-electron chi connectivity index (χ3n) is 6.90. The van der Waals surface area contributed by atoms with Crippen molar-refractivity contribution in [3.63, 3.8) is 0 Å². The molecule has 0 saturated carbocycles. The molecule has 1 aliphatic heterocycles. The van der Waals surface area contributed by atoms with Crippen LogP contribution in [-0.4, -0.2) is 69.7 Å². The maximum absolute atomic E-state index is 12.5. The second-order valence-electron chi connectivity index (χ2n) is 9.70. The molecule has 1 N–H and O–H groups in total. The van der Waals surface area contributed by atoms with Crippen molar-refractivity contribution >= 4 is 34.5 Å². The first-order chi connectivity index (χ1) is 18.9. The van der Waals surface area contributed by atoms with Crippen LogP contribution in [0.15, 0.2) is 36.9 Å². The maximum Gasteiger partial charge on any atom is 0.271 e. The highest BCUT2D eigenvalue weighted by Crippen LogP contribution is 2.39. The van der Waals surface area contributed by atoms with Crippen molar-refractivity contribution in [1.82, 2.24) is 29.4 Å². The summed E-state index contributed by atoms with van der Waals surface area (Å²) < 4.78 is 13.8. The number of aromatic nitrogens is 5. The van der Waals surface area contributed by atoms with Crippen molar-refractivity contribution in [2.24, 2.45) is 0 Å². The van der Waals surface area contributed by atoms with Gasteiger partial charge in [0, 0.05) is 37.8 Å². The summed E-state index contributed by atoms with van der Waals surface area (Å²) in [6, 6.07) is 7.30. The topological polar surface area (TPSA) is 107 Å². The number of methoxy groups -OCH3 is 1. The van der Waals surface area contributed by atoms with Gasteiger partial charge in [0.2, 0.25) is 0 Å². The lowest BCUT2D eigenvalue weighted by atomic mass is 9.97. The number of anilines is 1. The molecular formula is C28H32ClN7O3. The van der Waals surface area contributed by atoms with Crippen LogP contribution in [0.2, 0.25) is 5.02 Å². The van der Waals surface area contributed by atoms with Crippen LogP contribution in [0.25, 0.3) is 22.4 Å². The molecule has 10 nitrogen and oxygen atoms in total. The highest BCUT2D eigenvalue weighted by molar-refractivity contribution is 6.32. The molecule has 5 rings (SSSR count). The van der Waals surface area contributed by atoms with E-state index < -0.39 is 0 Å². The third kappa shape index (κ3) is 5.39. The molecule has 3 aromatic heterocycles. The van der Waals surface area contributed by atoms with Gasteiger partial charge in [0.1, 0.15) is 24.0 Å². The maximum atomic E-state index is 12.5. The van der Waals surface area contributed by atoms with Crippen molar-refractivity contribution in [2.45, 2.75) is 38.8 Å². The molecule has 0 radical (unpaired) electrons. The number of imidazole rings is 1. The fourth-order valence-corrected chi connectivity index (χ4v) is 5.10. The molecule has 1 fully saturated rings. The SMILES string of the molecule is COc1c(CCNc2ncnc3c2ncn3C2CCCCO2)cc(Cl)c(C)c1-c1cccc(C(=O)N(C)C)n1. The number of hydrogen-bond acceptors (Lipinski definition) is 8. The molecule has 0 bridgehead atoms. The van der Waals surface area contributed by atoms with E-state index in [4.69, 9.17) is 21.1 Å². The van der Waals surface area contributed by atoms with Crippen LogP contribution < -0.4 is 10.1 Å². The fraction of sp³-hybridized carbons (Fsp3) is 0.393. The van der Waals surface area contributed by atoms with E-state index in [9.17, 15) is 4.79 Å². The van der Waals surface area contributed by atoms with E-state index in [1.165, 1.54) is 4.90 Å². The summed E-state index contributed by atoms with van der Waals surface area (Å²) in [5, 5.41) is 4.00. The highest BCUT2D eigenvalue weighted by Gasteiger charge is 2.22. The largest absolute Gasteiger partial charge is 0.496 e. The summed E-state index contributed by atoms with van der Waals surface area (Å²) in [7, 11) is 5.03. The van der Waals surface area contributed by atoms with Gasteiger partial charge >= 0.3 is 0 Å². The number of carbonyl (C=O) groups excluding carboxylic acids is 1. The van der Waals surface area contributed by atoms with Crippen LogP contribution in [0.1, 0.15) is 47.1 Å². The average molecular weight is 550 g/mol. The molecule has 1 amide bonds. The van der Waals surface area contributed by atoms with Crippen LogP contribution >= 0.6 is 11.6 Å². The number of rotatable bonds is 8. The van der Waals surface area contributed by atoms with Crippen LogP contribution in [0.3, 0.4) is 0 Å². The van der Waals surface area contributed by atoms with E-state index in [1.54, 1.807) is 39.9 Å². The number of pyridine rings is 1. The molecule has 0 aliphatic carbocycles. The first-order valence-electron chi connectivity index (χ1n) is 13.0. The second kappa shape index (κ2) is 11.5. The molecule has 1 unspecified atom stereocenters. The van der Waals surface area contributed by atoms with Crippen molar-refractivity contribution in [3.05, 3.63) is 58.8 Å². The number of benzene rings is 1. The van der Waals surface area contributed by atoms with E-state index in [0.717, 1.165) is 48.2 Å². The molecule has 39 heavy (non-hydrogen) atoms.